The molecule has 0 saturated heterocycles. The van der Waals surface area contributed by atoms with Gasteiger partial charge in [0, 0.05) is 65.3 Å². The van der Waals surface area contributed by atoms with Crippen LogP contribution in [0.5, 0.6) is 0 Å². The summed E-state index contributed by atoms with van der Waals surface area (Å²) in [5.74, 6) is -10.5. The molecule has 16 N–H and O–H groups in total. The molecule has 0 fully saturated rings. The van der Waals surface area contributed by atoms with Crippen molar-refractivity contribution in [2.24, 2.45) is 29.0 Å². The van der Waals surface area contributed by atoms with E-state index in [1.54, 1.807) is 39.8 Å². The van der Waals surface area contributed by atoms with Crippen molar-refractivity contribution < 1.29 is 63.0 Å². The minimum absolute atomic E-state index is 0.0268. The summed E-state index contributed by atoms with van der Waals surface area (Å²) in [5.41, 5.74) is 19.4. The second kappa shape index (κ2) is 30.7. The average molecular weight is 1090 g/mol. The molecule has 74 heavy (non-hydrogen) atoms. The lowest BCUT2D eigenvalue weighted by Gasteiger charge is -2.28. The van der Waals surface area contributed by atoms with Crippen LogP contribution in [0.4, 0.5) is 0 Å². The van der Waals surface area contributed by atoms with E-state index in [0.717, 1.165) is 22.9 Å². The van der Waals surface area contributed by atoms with Crippen molar-refractivity contribution in [1.29, 1.82) is 0 Å². The third kappa shape index (κ3) is 22.4. The van der Waals surface area contributed by atoms with Crippen LogP contribution < -0.4 is 54.4 Å². The van der Waals surface area contributed by atoms with Crippen molar-refractivity contribution in [2.75, 3.05) is 17.3 Å². The van der Waals surface area contributed by atoms with Gasteiger partial charge in [0.1, 0.15) is 42.3 Å². The average Bonchev–Trinajstić information content (AvgIpc) is 3.82. The maximum Gasteiger partial charge on any atom is 0.327 e. The third-order valence-electron chi connectivity index (χ3n) is 10.9. The lowest BCUT2D eigenvalue weighted by Crippen LogP contribution is -2.60. The maximum absolute atomic E-state index is 14.2. The van der Waals surface area contributed by atoms with Gasteiger partial charge in [0.2, 0.25) is 53.2 Å². The van der Waals surface area contributed by atoms with E-state index >= 15 is 0 Å². The number of aromatic amines is 1. The van der Waals surface area contributed by atoms with Gasteiger partial charge in [-0.05, 0) is 54.4 Å². The molecule has 28 heteroatoms. The van der Waals surface area contributed by atoms with Gasteiger partial charge in [0.15, 0.2) is 0 Å². The van der Waals surface area contributed by atoms with Crippen LogP contribution in [-0.2, 0) is 70.7 Å². The number of rotatable bonds is 18. The summed E-state index contributed by atoms with van der Waals surface area (Å²) in [7, 11) is 0. The van der Waals surface area contributed by atoms with Crippen LogP contribution in [0.15, 0.2) is 35.6 Å². The van der Waals surface area contributed by atoms with Gasteiger partial charge in [-0.2, -0.15) is 23.5 Å². The Morgan fingerprint density at radius 3 is 1.91 bits per heavy atom. The fraction of sp³-hybridized carbons (Fsp3) is 0.565. The van der Waals surface area contributed by atoms with Gasteiger partial charge >= 0.3 is 11.9 Å². The molecular weight excluding hydrogens is 1020 g/mol. The van der Waals surface area contributed by atoms with Gasteiger partial charge in [-0.3, -0.25) is 47.9 Å². The lowest BCUT2D eigenvalue weighted by atomic mass is 10.0. The van der Waals surface area contributed by atoms with Crippen molar-refractivity contribution >= 4 is 100 Å². The number of carboxylic acid groups (broad SMARTS) is 2. The Balaban J connectivity index is 2.12. The van der Waals surface area contributed by atoms with Crippen LogP contribution in [0.2, 0.25) is 0 Å². The number of aliphatic carboxylic acids is 2. The van der Waals surface area contributed by atoms with Crippen molar-refractivity contribution in [3.8, 4) is 0 Å². The highest BCUT2D eigenvalue weighted by Gasteiger charge is 2.35. The molecule has 408 valence electrons. The molecule has 25 nitrogen and oxygen atoms in total. The first-order valence-corrected chi connectivity index (χ1v) is 26.9. The second-order valence-corrected chi connectivity index (χ2v) is 21.6. The Bertz CT molecular complexity index is 2320. The van der Waals surface area contributed by atoms with Crippen LogP contribution in [0.1, 0.15) is 83.5 Å². The van der Waals surface area contributed by atoms with Gasteiger partial charge in [-0.25, -0.2) is 9.78 Å². The molecule has 0 saturated carbocycles. The number of primary amides is 2. The molecule has 1 aromatic heterocycles. The predicted molar refractivity (Wildman–Crippen MR) is 275 cm³/mol. The summed E-state index contributed by atoms with van der Waals surface area (Å²) in [4.78, 5) is 152. The molecule has 2 aromatic rings. The zero-order valence-corrected chi connectivity index (χ0v) is 44.2. The van der Waals surface area contributed by atoms with Gasteiger partial charge in [-0.1, -0.05) is 33.8 Å². The zero-order chi connectivity index (χ0) is 55.2. The molecule has 8 unspecified atom stereocenters. The van der Waals surface area contributed by atoms with E-state index in [9.17, 15) is 63.0 Å². The number of nitrogens with one attached hydrogen (secondary N) is 8. The molecule has 2 heterocycles. The molecular formula is C46H68N12O13S3. The number of H-pyrrole nitrogens is 1. The topological polar surface area (TPSA) is 419 Å². The quantitative estimate of drug-likeness (QED) is 0.0797. The van der Waals surface area contributed by atoms with E-state index in [0.29, 0.717) is 16.3 Å². The highest BCUT2D eigenvalue weighted by molar-refractivity contribution is 7.99. The summed E-state index contributed by atoms with van der Waals surface area (Å²) in [6, 6.07) is -5.78. The number of carbonyl (C=O) groups is 11. The Labute approximate surface area is 440 Å². The summed E-state index contributed by atoms with van der Waals surface area (Å²) in [6.07, 6.45) is 0.643. The van der Waals surface area contributed by atoms with Crippen molar-refractivity contribution in [1.82, 2.24) is 47.2 Å². The van der Waals surface area contributed by atoms with Gasteiger partial charge in [0.25, 0.3) is 0 Å². The Morgan fingerprint density at radius 1 is 0.770 bits per heavy atom. The first-order valence-electron chi connectivity index (χ1n) is 23.6. The summed E-state index contributed by atoms with van der Waals surface area (Å²) in [6.45, 7) is 8.29. The van der Waals surface area contributed by atoms with Crippen LogP contribution >= 0.6 is 35.3 Å². The van der Waals surface area contributed by atoms with E-state index in [1.165, 1.54) is 43.0 Å². The molecule has 1 aliphatic heterocycles. The minimum atomic E-state index is -1.87. The summed E-state index contributed by atoms with van der Waals surface area (Å²) in [5, 5.41) is 37.0. The van der Waals surface area contributed by atoms with Gasteiger partial charge in [0.05, 0.1) is 18.8 Å². The van der Waals surface area contributed by atoms with E-state index in [4.69, 9.17) is 17.2 Å². The number of hydrogen-bond acceptors (Lipinski definition) is 16. The highest BCUT2D eigenvalue weighted by Crippen LogP contribution is 2.27. The fourth-order valence-corrected chi connectivity index (χ4v) is 10.2. The molecule has 1 aliphatic rings. The number of nitrogens with two attached hydrogens (primary N) is 3. The summed E-state index contributed by atoms with van der Waals surface area (Å²) < 4.78 is 0. The predicted octanol–water partition coefficient (Wildman–Crippen LogP) is -1.63. The Morgan fingerprint density at radius 2 is 1.34 bits per heavy atom. The van der Waals surface area contributed by atoms with E-state index in [1.807, 2.05) is 6.07 Å². The van der Waals surface area contributed by atoms with Crippen molar-refractivity contribution in [3.05, 3.63) is 47.5 Å². The number of fused-ring (bicyclic) bond motifs is 2. The molecule has 0 aliphatic carbocycles. The minimum Gasteiger partial charge on any atom is -0.481 e. The van der Waals surface area contributed by atoms with Crippen LogP contribution in [0.3, 0.4) is 0 Å². The molecule has 0 radical (unpaired) electrons. The maximum atomic E-state index is 14.2. The molecule has 9 amide bonds. The molecule has 3 rings (SSSR count). The zero-order valence-electron chi connectivity index (χ0n) is 41.7. The van der Waals surface area contributed by atoms with Crippen LogP contribution in [0, 0.1) is 11.8 Å². The molecule has 0 spiro atoms. The second-order valence-electron chi connectivity index (χ2n) is 18.4. The number of carbonyl (C=O) groups excluding carboxylic acids is 9. The number of benzene rings is 1. The highest BCUT2D eigenvalue weighted by atomic mass is 32.2. The molecule has 2 bridgehead atoms. The number of carboxylic acids is 2. The summed E-state index contributed by atoms with van der Waals surface area (Å²) >= 11 is 3.66. The molecule has 1 aromatic carbocycles. The smallest absolute Gasteiger partial charge is 0.327 e. The Kier molecular flexibility index (Phi) is 25.7. The first kappa shape index (κ1) is 61.9. The largest absolute Gasteiger partial charge is 0.481 e. The van der Waals surface area contributed by atoms with Gasteiger partial charge in [-0.15, -0.1) is 11.8 Å². The van der Waals surface area contributed by atoms with Crippen LogP contribution in [-0.4, -0.2) is 151 Å². The van der Waals surface area contributed by atoms with Crippen molar-refractivity contribution in [3.63, 3.8) is 0 Å². The monoisotopic (exact) mass is 1090 g/mol. The van der Waals surface area contributed by atoms with Crippen molar-refractivity contribution in [2.45, 2.75) is 138 Å². The van der Waals surface area contributed by atoms with E-state index in [-0.39, 0.29) is 54.1 Å². The fourth-order valence-electron chi connectivity index (χ4n) is 7.26. The standard InChI is InChI=1S/C46H68N12O13S3/c1-22(2)8-31-42(66)56-33(13-27-15-50-21-51-27)44(68)53-30(6-7-37(48)60)41(65)57-34(14-38(61)62)45(69)55-32(9-23(3)4)43(67)58-35(39(49)63)20-74-28-11-25(16-72-18-29(47)40(64)54-31)10-26(12-28)17-73-19-36(46(70)71)52-24(5)59/h10-12,15,21-23,29-36H,6-9,13-14,16-20,47H2,1-5H3,(H2,48,60)(H2,49,63)(H,50,51)(H,52,59)(H,53,68)(H,54,64)(H,55,69)(H,56,66)(H,57,65)(H,58,67)(H,61,62)(H,70,71). The number of hydrogen-bond donors (Lipinski definition) is 13. The van der Waals surface area contributed by atoms with E-state index < -0.39 is 133 Å². The normalized spacial score (nSPS) is 22.7. The number of nitrogens with zero attached hydrogens (tertiary/aromatic N) is 1. The number of aromatic nitrogens is 2. The SMILES string of the molecule is CC(=O)NC(CSCc1cc2cc(c1)SCC(C(N)=O)NC(=O)C(CC(C)C)NC(=O)C(CC(=O)O)NC(=O)C(CCC(N)=O)NC(=O)C(Cc1cnc[nH]1)NC(=O)C(CC(C)C)NC(=O)C(N)CSC2)C(=O)O. The van der Waals surface area contributed by atoms with Gasteiger partial charge < -0.3 is 69.6 Å². The Hall–Kier alpha value is -6.39. The lowest BCUT2D eigenvalue weighted by molar-refractivity contribution is -0.142. The number of thioether (sulfide) groups is 3. The van der Waals surface area contributed by atoms with Crippen LogP contribution in [0.25, 0.3) is 0 Å². The third-order valence-corrected chi connectivity index (χ3v) is 14.2. The van der Waals surface area contributed by atoms with E-state index in [2.05, 4.69) is 47.2 Å². The first-order chi connectivity index (χ1) is 34.8. The number of amides is 9. The molecule has 8 atom stereocenters. The number of imidazole rings is 1.